The zero-order valence-electron chi connectivity index (χ0n) is 20.2. The first-order chi connectivity index (χ1) is 17.0. The van der Waals surface area contributed by atoms with Gasteiger partial charge in [-0.15, -0.1) is 0 Å². The Morgan fingerprint density at radius 3 is 1.77 bits per heavy atom. The molecule has 2 aromatic carbocycles. The second kappa shape index (κ2) is 11.9. The molecule has 0 radical (unpaired) electrons. The van der Waals surface area contributed by atoms with E-state index in [-0.39, 0.29) is 28.9 Å². The average Bonchev–Trinajstić information content (AvgIpc) is 2.90. The molecule has 4 rings (SSSR count). The van der Waals surface area contributed by atoms with Crippen molar-refractivity contribution in [2.24, 2.45) is 0 Å². The van der Waals surface area contributed by atoms with Crippen molar-refractivity contribution in [1.29, 1.82) is 0 Å². The van der Waals surface area contributed by atoms with Crippen molar-refractivity contribution in [3.05, 3.63) is 59.2 Å². The maximum absolute atomic E-state index is 13.1. The molecule has 2 aliphatic carbocycles. The summed E-state index contributed by atoms with van der Waals surface area (Å²) < 4.78 is 16.9. The molecule has 0 unspecified atom stereocenters. The maximum Gasteiger partial charge on any atom is 0.343 e. The Bertz CT molecular complexity index is 1040. The van der Waals surface area contributed by atoms with E-state index in [0.29, 0.717) is 5.75 Å². The Morgan fingerprint density at radius 2 is 1.23 bits per heavy atom. The van der Waals surface area contributed by atoms with Gasteiger partial charge in [0.25, 0.3) is 0 Å². The monoisotopic (exact) mass is 479 g/mol. The molecule has 0 aromatic heterocycles. The summed E-state index contributed by atoms with van der Waals surface area (Å²) in [6.07, 6.45) is 9.25. The van der Waals surface area contributed by atoms with Gasteiger partial charge >= 0.3 is 17.9 Å². The van der Waals surface area contributed by atoms with Crippen molar-refractivity contribution >= 4 is 23.6 Å². The quantitative estimate of drug-likeness (QED) is 0.389. The summed E-state index contributed by atoms with van der Waals surface area (Å²) in [4.78, 5) is 39.0. The predicted octanol–water partition coefficient (Wildman–Crippen LogP) is 5.93. The van der Waals surface area contributed by atoms with Crippen LogP contribution in [-0.4, -0.2) is 37.2 Å². The molecule has 0 bridgehead atoms. The lowest BCUT2D eigenvalue weighted by atomic mass is 9.97. The van der Waals surface area contributed by atoms with Crippen molar-refractivity contribution in [1.82, 2.24) is 0 Å². The molecule has 7 nitrogen and oxygen atoms in total. The molecule has 0 saturated heterocycles. The minimum absolute atomic E-state index is 0.0383. The minimum Gasteiger partial charge on any atom is -0.459 e. The molecule has 2 saturated carbocycles. The highest BCUT2D eigenvalue weighted by Crippen LogP contribution is 2.26. The number of hydrogen-bond acceptors (Lipinski definition) is 7. The van der Waals surface area contributed by atoms with Crippen LogP contribution in [0.4, 0.5) is 5.69 Å². The number of ether oxygens (including phenoxy) is 3. The first kappa shape index (κ1) is 24.8. The summed E-state index contributed by atoms with van der Waals surface area (Å²) in [5.41, 5.74) is 1.20. The zero-order valence-corrected chi connectivity index (χ0v) is 20.2. The number of carbonyl (C=O) groups is 3. The van der Waals surface area contributed by atoms with E-state index in [1.54, 1.807) is 31.3 Å². The lowest BCUT2D eigenvalue weighted by Crippen LogP contribution is -2.25. The Morgan fingerprint density at radius 1 is 0.686 bits per heavy atom. The fourth-order valence-electron chi connectivity index (χ4n) is 4.67. The first-order valence-corrected chi connectivity index (χ1v) is 12.6. The number of benzene rings is 2. The van der Waals surface area contributed by atoms with Crippen molar-refractivity contribution in [3.63, 3.8) is 0 Å². The molecule has 35 heavy (non-hydrogen) atoms. The van der Waals surface area contributed by atoms with Crippen LogP contribution in [0.3, 0.4) is 0 Å². The molecular formula is C28H33NO6. The van der Waals surface area contributed by atoms with Gasteiger partial charge in [0.15, 0.2) is 0 Å². The standard InChI is InChI=1S/C28H33NO6/c1-29-20-13-15-23(16-14-20)33-26(30)19-12-17-24(27(31)34-21-8-4-2-5-9-21)25(18-19)28(32)35-22-10-6-3-7-11-22/h12-18,21-22,29H,2-11H2,1H3. The SMILES string of the molecule is CNc1ccc(OC(=O)c2ccc(C(=O)OC3CCCCC3)c(C(=O)OC3CCCCC3)c2)cc1. The molecule has 7 heteroatoms. The lowest BCUT2D eigenvalue weighted by molar-refractivity contribution is 0.0163. The highest BCUT2D eigenvalue weighted by molar-refractivity contribution is 6.05. The molecule has 0 atom stereocenters. The van der Waals surface area contributed by atoms with E-state index in [1.165, 1.54) is 18.2 Å². The molecule has 0 amide bonds. The number of hydrogen-bond donors (Lipinski definition) is 1. The molecular weight excluding hydrogens is 446 g/mol. The highest BCUT2D eigenvalue weighted by Gasteiger charge is 2.27. The Labute approximate surface area is 206 Å². The molecule has 0 aliphatic heterocycles. The van der Waals surface area contributed by atoms with Gasteiger partial charge in [0.1, 0.15) is 18.0 Å². The van der Waals surface area contributed by atoms with Crippen molar-refractivity contribution < 1.29 is 28.6 Å². The van der Waals surface area contributed by atoms with Gasteiger partial charge in [0.05, 0.1) is 16.7 Å². The molecule has 1 N–H and O–H groups in total. The van der Waals surface area contributed by atoms with Gasteiger partial charge in [0.2, 0.25) is 0 Å². The van der Waals surface area contributed by atoms with Gasteiger partial charge in [-0.2, -0.15) is 0 Å². The second-order valence-electron chi connectivity index (χ2n) is 9.25. The molecule has 2 aliphatic rings. The summed E-state index contributed by atoms with van der Waals surface area (Å²) in [6.45, 7) is 0. The van der Waals surface area contributed by atoms with Crippen LogP contribution >= 0.6 is 0 Å². The molecule has 0 heterocycles. The third-order valence-corrected chi connectivity index (χ3v) is 6.70. The van der Waals surface area contributed by atoms with E-state index in [2.05, 4.69) is 5.32 Å². The summed E-state index contributed by atoms with van der Waals surface area (Å²) in [7, 11) is 1.80. The van der Waals surface area contributed by atoms with E-state index >= 15 is 0 Å². The van der Waals surface area contributed by atoms with E-state index in [9.17, 15) is 14.4 Å². The number of rotatable bonds is 7. The highest BCUT2D eigenvalue weighted by atomic mass is 16.6. The summed E-state index contributed by atoms with van der Waals surface area (Å²) >= 11 is 0. The van der Waals surface area contributed by atoms with Crippen LogP contribution in [-0.2, 0) is 9.47 Å². The van der Waals surface area contributed by atoms with Crippen molar-refractivity contribution in [2.45, 2.75) is 76.4 Å². The average molecular weight is 480 g/mol. The second-order valence-corrected chi connectivity index (χ2v) is 9.25. The Balaban J connectivity index is 1.55. The third-order valence-electron chi connectivity index (χ3n) is 6.70. The van der Waals surface area contributed by atoms with Crippen molar-refractivity contribution in [2.75, 3.05) is 12.4 Å². The predicted molar refractivity (Wildman–Crippen MR) is 132 cm³/mol. The molecule has 186 valence electrons. The van der Waals surface area contributed by atoms with Gasteiger partial charge in [-0.25, -0.2) is 14.4 Å². The fraction of sp³-hybridized carbons (Fsp3) is 0.464. The number of anilines is 1. The largest absolute Gasteiger partial charge is 0.459 e. The smallest absolute Gasteiger partial charge is 0.343 e. The normalized spacial score (nSPS) is 16.8. The van der Waals surface area contributed by atoms with Crippen LogP contribution in [0.5, 0.6) is 5.75 Å². The lowest BCUT2D eigenvalue weighted by Gasteiger charge is -2.24. The minimum atomic E-state index is -0.624. The van der Waals surface area contributed by atoms with Crippen molar-refractivity contribution in [3.8, 4) is 5.75 Å². The van der Waals surface area contributed by atoms with Crippen LogP contribution in [0.1, 0.15) is 95.3 Å². The van der Waals surface area contributed by atoms with E-state index in [4.69, 9.17) is 14.2 Å². The van der Waals surface area contributed by atoms with Crippen LogP contribution in [0.2, 0.25) is 0 Å². The third kappa shape index (κ3) is 6.62. The Kier molecular flexibility index (Phi) is 8.40. The van der Waals surface area contributed by atoms with Crippen LogP contribution in [0.15, 0.2) is 42.5 Å². The van der Waals surface area contributed by atoms with Crippen LogP contribution < -0.4 is 10.1 Å². The topological polar surface area (TPSA) is 90.9 Å². The Hall–Kier alpha value is -3.35. The number of nitrogens with one attached hydrogen (secondary N) is 1. The van der Waals surface area contributed by atoms with Gasteiger partial charge in [-0.1, -0.05) is 12.8 Å². The van der Waals surface area contributed by atoms with Crippen LogP contribution in [0, 0.1) is 0 Å². The van der Waals surface area contributed by atoms with Gasteiger partial charge < -0.3 is 19.5 Å². The summed E-state index contributed by atoms with van der Waals surface area (Å²) in [6, 6.07) is 11.3. The maximum atomic E-state index is 13.1. The molecule has 2 aromatic rings. The fourth-order valence-corrected chi connectivity index (χ4v) is 4.67. The van der Waals surface area contributed by atoms with Crippen LogP contribution in [0.25, 0.3) is 0 Å². The molecule has 0 spiro atoms. The number of esters is 3. The van der Waals surface area contributed by atoms with Gasteiger partial charge in [0, 0.05) is 12.7 Å². The zero-order chi connectivity index (χ0) is 24.6. The van der Waals surface area contributed by atoms with E-state index < -0.39 is 17.9 Å². The molecule has 2 fully saturated rings. The first-order valence-electron chi connectivity index (χ1n) is 12.6. The summed E-state index contributed by atoms with van der Waals surface area (Å²) in [5, 5.41) is 3.00. The van der Waals surface area contributed by atoms with E-state index in [1.807, 2.05) is 0 Å². The van der Waals surface area contributed by atoms with Gasteiger partial charge in [-0.3, -0.25) is 0 Å². The summed E-state index contributed by atoms with van der Waals surface area (Å²) in [5.74, 6) is -1.42. The van der Waals surface area contributed by atoms with Gasteiger partial charge in [-0.05, 0) is 93.8 Å². The number of carbonyl (C=O) groups excluding carboxylic acids is 3. The van der Waals surface area contributed by atoms with E-state index in [0.717, 1.165) is 69.9 Å².